The second-order valence-corrected chi connectivity index (χ2v) is 7.85. The summed E-state index contributed by atoms with van der Waals surface area (Å²) in [4.78, 5) is 41.8. The quantitative estimate of drug-likeness (QED) is 0.781. The largest absolute Gasteiger partial charge is 0.461 e. The molecule has 1 N–H and O–H groups in total. The first kappa shape index (κ1) is 20.4. The van der Waals surface area contributed by atoms with E-state index < -0.39 is 11.9 Å². The second kappa shape index (κ2) is 8.80. The Morgan fingerprint density at radius 2 is 1.75 bits per heavy atom. The van der Waals surface area contributed by atoms with Crippen LogP contribution in [-0.2, 0) is 14.3 Å². The number of fused-ring (bicyclic) bond motifs is 1. The lowest BCUT2D eigenvalue weighted by Gasteiger charge is -2.41. The number of nitrogens with zero attached hydrogens (tertiary/aromatic N) is 1. The molecule has 7 heteroatoms. The summed E-state index contributed by atoms with van der Waals surface area (Å²) in [6.07, 6.45) is 6.05. The fraction of sp³-hybridized carbons (Fsp3) is 0.667. The summed E-state index contributed by atoms with van der Waals surface area (Å²) in [6, 6.07) is 0. The molecule has 0 bridgehead atoms. The number of hydrogen-bond donors (Lipinski definition) is 1. The monoisotopic (exact) mass is 390 g/mol. The normalized spacial score (nSPS) is 21.8. The number of ether oxygens (including phenoxy) is 2. The maximum atomic E-state index is 12.5. The van der Waals surface area contributed by atoms with E-state index in [4.69, 9.17) is 9.47 Å². The van der Waals surface area contributed by atoms with Gasteiger partial charge in [0, 0.05) is 18.8 Å². The molecule has 7 nitrogen and oxygen atoms in total. The van der Waals surface area contributed by atoms with Crippen molar-refractivity contribution in [3.63, 3.8) is 0 Å². The average Bonchev–Trinajstić information content (AvgIpc) is 3.00. The minimum absolute atomic E-state index is 0.145. The van der Waals surface area contributed by atoms with Crippen LogP contribution in [-0.4, -0.2) is 54.0 Å². The van der Waals surface area contributed by atoms with Crippen LogP contribution in [0, 0.1) is 25.7 Å². The standard InChI is InChI=1S/C21H30N2O5/c1-4-27-21(26)19-13(2)18(14(3)22-19)20(25)28-12-17(24)23-10-9-15-7-5-6-8-16(15)11-23/h15-16,22H,4-12H2,1-3H3/t15-,16+/m1/s1. The molecule has 1 amide bonds. The van der Waals surface area contributed by atoms with Crippen molar-refractivity contribution in [3.8, 4) is 0 Å². The number of amides is 1. The topological polar surface area (TPSA) is 88.7 Å². The molecule has 1 aromatic rings. The van der Waals surface area contributed by atoms with Gasteiger partial charge < -0.3 is 19.4 Å². The number of esters is 2. The van der Waals surface area contributed by atoms with Gasteiger partial charge in [0.2, 0.25) is 0 Å². The van der Waals surface area contributed by atoms with Gasteiger partial charge in [-0.1, -0.05) is 19.3 Å². The van der Waals surface area contributed by atoms with Crippen LogP contribution in [0.5, 0.6) is 0 Å². The number of aromatic nitrogens is 1. The van der Waals surface area contributed by atoms with Gasteiger partial charge in [-0.2, -0.15) is 0 Å². The number of aryl methyl sites for hydroxylation is 1. The Balaban J connectivity index is 1.58. The van der Waals surface area contributed by atoms with E-state index >= 15 is 0 Å². The third kappa shape index (κ3) is 4.23. The number of hydrogen-bond acceptors (Lipinski definition) is 5. The van der Waals surface area contributed by atoms with Crippen LogP contribution < -0.4 is 0 Å². The van der Waals surface area contributed by atoms with Crippen molar-refractivity contribution in [3.05, 3.63) is 22.5 Å². The zero-order chi connectivity index (χ0) is 20.3. The van der Waals surface area contributed by atoms with Crippen LogP contribution in [0.15, 0.2) is 0 Å². The maximum Gasteiger partial charge on any atom is 0.355 e. The van der Waals surface area contributed by atoms with E-state index in [1.54, 1.807) is 20.8 Å². The molecule has 1 aromatic heterocycles. The van der Waals surface area contributed by atoms with Gasteiger partial charge >= 0.3 is 11.9 Å². The minimum Gasteiger partial charge on any atom is -0.461 e. The van der Waals surface area contributed by atoms with Gasteiger partial charge in [0.25, 0.3) is 5.91 Å². The molecule has 2 heterocycles. The number of rotatable bonds is 5. The van der Waals surface area contributed by atoms with E-state index in [0.29, 0.717) is 22.7 Å². The first-order valence-corrected chi connectivity index (χ1v) is 10.2. The average molecular weight is 390 g/mol. The number of carbonyl (C=O) groups is 3. The Morgan fingerprint density at radius 3 is 2.46 bits per heavy atom. The van der Waals surface area contributed by atoms with E-state index in [1.165, 1.54) is 25.7 Å². The van der Waals surface area contributed by atoms with Crippen LogP contribution in [0.2, 0.25) is 0 Å². The summed E-state index contributed by atoms with van der Waals surface area (Å²) < 4.78 is 10.3. The molecule has 28 heavy (non-hydrogen) atoms. The molecule has 0 spiro atoms. The minimum atomic E-state index is -0.595. The Hall–Kier alpha value is -2.31. The molecule has 1 saturated heterocycles. The molecule has 2 atom stereocenters. The molecule has 1 saturated carbocycles. The lowest BCUT2D eigenvalue weighted by molar-refractivity contribution is -0.137. The van der Waals surface area contributed by atoms with Crippen molar-refractivity contribution in [2.24, 2.45) is 11.8 Å². The molecule has 0 aromatic carbocycles. The fourth-order valence-electron chi connectivity index (χ4n) is 4.58. The Morgan fingerprint density at radius 1 is 1.04 bits per heavy atom. The number of carbonyl (C=O) groups excluding carboxylic acids is 3. The van der Waals surface area contributed by atoms with Crippen LogP contribution in [0.3, 0.4) is 0 Å². The number of aromatic amines is 1. The van der Waals surface area contributed by atoms with Crippen LogP contribution in [0.1, 0.15) is 71.1 Å². The zero-order valence-electron chi connectivity index (χ0n) is 17.0. The third-order valence-electron chi connectivity index (χ3n) is 6.09. The van der Waals surface area contributed by atoms with Gasteiger partial charge in [0.15, 0.2) is 6.61 Å². The Bertz CT molecular complexity index is 754. The van der Waals surface area contributed by atoms with Crippen LogP contribution >= 0.6 is 0 Å². The van der Waals surface area contributed by atoms with Crippen molar-refractivity contribution >= 4 is 17.8 Å². The number of H-pyrrole nitrogens is 1. The van der Waals surface area contributed by atoms with Crippen molar-refractivity contribution in [1.82, 2.24) is 9.88 Å². The molecule has 2 aliphatic rings. The van der Waals surface area contributed by atoms with E-state index in [9.17, 15) is 14.4 Å². The highest BCUT2D eigenvalue weighted by molar-refractivity contribution is 5.99. The van der Waals surface area contributed by atoms with Crippen molar-refractivity contribution < 1.29 is 23.9 Å². The van der Waals surface area contributed by atoms with Gasteiger partial charge in [-0.15, -0.1) is 0 Å². The Labute approximate surface area is 165 Å². The van der Waals surface area contributed by atoms with E-state index in [0.717, 1.165) is 25.4 Å². The fourth-order valence-corrected chi connectivity index (χ4v) is 4.58. The maximum absolute atomic E-state index is 12.5. The number of piperidine rings is 1. The lowest BCUT2D eigenvalue weighted by Crippen LogP contribution is -2.46. The smallest absolute Gasteiger partial charge is 0.355 e. The Kier molecular flexibility index (Phi) is 6.42. The van der Waals surface area contributed by atoms with E-state index in [-0.39, 0.29) is 24.8 Å². The molecule has 3 rings (SSSR count). The summed E-state index contributed by atoms with van der Waals surface area (Å²) in [7, 11) is 0. The molecule has 1 aliphatic heterocycles. The first-order valence-electron chi connectivity index (χ1n) is 10.2. The van der Waals surface area contributed by atoms with Gasteiger partial charge in [0.1, 0.15) is 5.69 Å². The third-order valence-corrected chi connectivity index (χ3v) is 6.09. The highest BCUT2D eigenvalue weighted by Gasteiger charge is 2.33. The van der Waals surface area contributed by atoms with E-state index in [2.05, 4.69) is 4.98 Å². The van der Waals surface area contributed by atoms with Gasteiger partial charge in [0.05, 0.1) is 12.2 Å². The number of nitrogens with one attached hydrogen (secondary N) is 1. The van der Waals surface area contributed by atoms with Crippen molar-refractivity contribution in [2.75, 3.05) is 26.3 Å². The molecule has 0 unspecified atom stereocenters. The molecule has 2 fully saturated rings. The predicted molar refractivity (Wildman–Crippen MR) is 103 cm³/mol. The molecule has 0 radical (unpaired) electrons. The second-order valence-electron chi connectivity index (χ2n) is 7.85. The van der Waals surface area contributed by atoms with Gasteiger partial charge in [-0.05, 0) is 51.0 Å². The van der Waals surface area contributed by atoms with Crippen LogP contribution in [0.4, 0.5) is 0 Å². The summed E-state index contributed by atoms with van der Waals surface area (Å²) in [5.74, 6) is 0.0837. The zero-order valence-corrected chi connectivity index (χ0v) is 17.0. The number of likely N-dealkylation sites (tertiary alicyclic amines) is 1. The highest BCUT2D eigenvalue weighted by Crippen LogP contribution is 2.36. The van der Waals surface area contributed by atoms with Crippen LogP contribution in [0.25, 0.3) is 0 Å². The summed E-state index contributed by atoms with van der Waals surface area (Å²) >= 11 is 0. The molecule has 154 valence electrons. The first-order chi connectivity index (χ1) is 13.4. The van der Waals surface area contributed by atoms with Crippen molar-refractivity contribution in [1.29, 1.82) is 0 Å². The summed E-state index contributed by atoms with van der Waals surface area (Å²) in [6.45, 7) is 6.59. The van der Waals surface area contributed by atoms with Gasteiger partial charge in [-0.3, -0.25) is 4.79 Å². The van der Waals surface area contributed by atoms with E-state index in [1.807, 2.05) is 4.90 Å². The molecular formula is C21H30N2O5. The summed E-state index contributed by atoms with van der Waals surface area (Å²) in [5.41, 5.74) is 1.55. The predicted octanol–water partition coefficient (Wildman–Crippen LogP) is 3.00. The summed E-state index contributed by atoms with van der Waals surface area (Å²) in [5, 5.41) is 0. The molecular weight excluding hydrogens is 360 g/mol. The van der Waals surface area contributed by atoms with Gasteiger partial charge in [-0.25, -0.2) is 9.59 Å². The highest BCUT2D eigenvalue weighted by atomic mass is 16.5. The molecule has 1 aliphatic carbocycles. The van der Waals surface area contributed by atoms with Crippen molar-refractivity contribution in [2.45, 2.75) is 52.9 Å². The SMILES string of the molecule is CCOC(=O)c1[nH]c(C)c(C(=O)OCC(=O)N2CC[C@H]3CCCC[C@H]3C2)c1C. The lowest BCUT2D eigenvalue weighted by atomic mass is 9.75.